The lowest BCUT2D eigenvalue weighted by atomic mass is 10.2. The Morgan fingerprint density at radius 1 is 1.17 bits per heavy atom. The van der Waals surface area contributed by atoms with Crippen LogP contribution in [0.25, 0.3) is 0 Å². The van der Waals surface area contributed by atoms with Crippen molar-refractivity contribution >= 4 is 21.7 Å². The number of hydrogen-bond acceptors (Lipinski definition) is 4. The molecule has 0 amide bonds. The average molecular weight is 343 g/mol. The molecule has 0 saturated carbocycles. The summed E-state index contributed by atoms with van der Waals surface area (Å²) < 4.78 is 57.8. The van der Waals surface area contributed by atoms with Crippen LogP contribution in [-0.2, 0) is 10.0 Å². The molecule has 0 aliphatic heterocycles. The van der Waals surface area contributed by atoms with Crippen LogP contribution in [0.15, 0.2) is 41.3 Å². The minimum Gasteiger partial charge on any atom is -0.494 e. The molecule has 23 heavy (non-hydrogen) atoms. The second kappa shape index (κ2) is 6.21. The Morgan fingerprint density at radius 3 is 2.43 bits per heavy atom. The quantitative estimate of drug-likeness (QED) is 0.870. The second-order valence-corrected chi connectivity index (χ2v) is 6.08. The number of ether oxygens (including phenoxy) is 1. The van der Waals surface area contributed by atoms with E-state index < -0.39 is 38.1 Å². The third-order valence-corrected chi connectivity index (χ3v) is 4.25. The maximum Gasteiger partial charge on any atom is 0.337 e. The largest absolute Gasteiger partial charge is 0.494 e. The number of carboxylic acids is 1. The van der Waals surface area contributed by atoms with Gasteiger partial charge in [-0.25, -0.2) is 22.0 Å². The van der Waals surface area contributed by atoms with Crippen LogP contribution in [0.4, 0.5) is 14.5 Å². The van der Waals surface area contributed by atoms with Gasteiger partial charge in [-0.15, -0.1) is 0 Å². The predicted octanol–water partition coefficient (Wildman–Crippen LogP) is 2.47. The molecule has 2 rings (SSSR count). The second-order valence-electron chi connectivity index (χ2n) is 4.40. The van der Waals surface area contributed by atoms with Crippen LogP contribution in [-0.4, -0.2) is 26.6 Å². The number of carbonyl (C=O) groups is 1. The van der Waals surface area contributed by atoms with Crippen LogP contribution in [0.1, 0.15) is 10.4 Å². The van der Waals surface area contributed by atoms with Gasteiger partial charge in [0.1, 0.15) is 5.82 Å². The molecular formula is C14H11F2NO5S. The van der Waals surface area contributed by atoms with Crippen LogP contribution < -0.4 is 9.46 Å². The number of halogens is 2. The number of aromatic carboxylic acids is 1. The minimum atomic E-state index is -4.26. The van der Waals surface area contributed by atoms with E-state index in [4.69, 9.17) is 5.11 Å². The van der Waals surface area contributed by atoms with Crippen molar-refractivity contribution in [2.24, 2.45) is 0 Å². The van der Waals surface area contributed by atoms with Crippen molar-refractivity contribution in [2.75, 3.05) is 11.8 Å². The normalized spacial score (nSPS) is 11.1. The molecule has 0 saturated heterocycles. The summed E-state index contributed by atoms with van der Waals surface area (Å²) >= 11 is 0. The number of benzene rings is 2. The van der Waals surface area contributed by atoms with E-state index in [1.807, 2.05) is 4.72 Å². The number of methoxy groups -OCH3 is 1. The monoisotopic (exact) mass is 343 g/mol. The van der Waals surface area contributed by atoms with Gasteiger partial charge in [0.15, 0.2) is 11.6 Å². The molecule has 0 atom stereocenters. The van der Waals surface area contributed by atoms with Crippen LogP contribution in [0, 0.1) is 11.6 Å². The highest BCUT2D eigenvalue weighted by Gasteiger charge is 2.20. The summed E-state index contributed by atoms with van der Waals surface area (Å²) in [6, 6.07) is 5.48. The molecule has 0 heterocycles. The molecule has 0 aromatic heterocycles. The van der Waals surface area contributed by atoms with Crippen LogP contribution in [0.5, 0.6) is 5.75 Å². The Hall–Kier alpha value is -2.68. The smallest absolute Gasteiger partial charge is 0.337 e. The summed E-state index contributed by atoms with van der Waals surface area (Å²) in [5.74, 6) is -3.38. The van der Waals surface area contributed by atoms with Gasteiger partial charge in [0, 0.05) is 0 Å². The van der Waals surface area contributed by atoms with Gasteiger partial charge in [-0.3, -0.25) is 4.72 Å². The van der Waals surface area contributed by atoms with Gasteiger partial charge < -0.3 is 9.84 Å². The molecule has 9 heteroatoms. The molecule has 0 bridgehead atoms. The summed E-state index contributed by atoms with van der Waals surface area (Å²) in [6.07, 6.45) is 0. The molecule has 2 aromatic carbocycles. The predicted molar refractivity (Wildman–Crippen MR) is 77.1 cm³/mol. The van der Waals surface area contributed by atoms with Crippen molar-refractivity contribution in [3.63, 3.8) is 0 Å². The van der Waals surface area contributed by atoms with Gasteiger partial charge in [-0.05, 0) is 36.4 Å². The highest BCUT2D eigenvalue weighted by Crippen LogP contribution is 2.24. The molecule has 2 aromatic rings. The number of carboxylic acid groups (broad SMARTS) is 1. The highest BCUT2D eigenvalue weighted by atomic mass is 32.2. The van der Waals surface area contributed by atoms with Crippen molar-refractivity contribution < 1.29 is 31.8 Å². The van der Waals surface area contributed by atoms with Crippen molar-refractivity contribution in [2.45, 2.75) is 4.90 Å². The molecule has 0 spiro atoms. The molecule has 0 unspecified atom stereocenters. The van der Waals surface area contributed by atoms with Gasteiger partial charge in [-0.2, -0.15) is 0 Å². The SMILES string of the molecule is COc1ccc(S(=O)(=O)Nc2ccc(F)cc2C(=O)O)cc1F. The van der Waals surface area contributed by atoms with Gasteiger partial charge in [0.2, 0.25) is 0 Å². The zero-order valence-corrected chi connectivity index (χ0v) is 12.5. The lowest BCUT2D eigenvalue weighted by Crippen LogP contribution is -2.16. The number of nitrogens with one attached hydrogen (secondary N) is 1. The average Bonchev–Trinajstić information content (AvgIpc) is 2.48. The zero-order valence-electron chi connectivity index (χ0n) is 11.7. The standard InChI is InChI=1S/C14H11F2NO5S/c1-22-13-5-3-9(7-11(13)16)23(20,21)17-12-4-2-8(15)6-10(12)14(18)19/h2-7,17H,1H3,(H,18,19). The third-order valence-electron chi connectivity index (χ3n) is 2.89. The lowest BCUT2D eigenvalue weighted by molar-refractivity contribution is 0.0697. The Balaban J connectivity index is 2.43. The molecule has 0 aliphatic rings. The molecule has 0 radical (unpaired) electrons. The van der Waals surface area contributed by atoms with E-state index in [0.717, 1.165) is 30.3 Å². The van der Waals surface area contributed by atoms with Crippen LogP contribution in [0.2, 0.25) is 0 Å². The first-order chi connectivity index (χ1) is 10.7. The van der Waals surface area contributed by atoms with E-state index in [2.05, 4.69) is 4.74 Å². The van der Waals surface area contributed by atoms with Gasteiger partial charge in [0.25, 0.3) is 10.0 Å². The van der Waals surface area contributed by atoms with E-state index >= 15 is 0 Å². The maximum absolute atomic E-state index is 13.6. The highest BCUT2D eigenvalue weighted by molar-refractivity contribution is 7.92. The maximum atomic E-state index is 13.6. The Bertz CT molecular complexity index is 867. The summed E-state index contributed by atoms with van der Waals surface area (Å²) in [6.45, 7) is 0. The van der Waals surface area contributed by atoms with Gasteiger partial charge >= 0.3 is 5.97 Å². The topological polar surface area (TPSA) is 92.7 Å². The first-order valence-electron chi connectivity index (χ1n) is 6.14. The van der Waals surface area contributed by atoms with Crippen LogP contribution >= 0.6 is 0 Å². The fraction of sp³-hybridized carbons (Fsp3) is 0.0714. The minimum absolute atomic E-state index is 0.142. The molecule has 0 fully saturated rings. The Labute approximate surface area is 130 Å². The number of anilines is 1. The molecule has 2 N–H and O–H groups in total. The Kier molecular flexibility index (Phi) is 4.50. The summed E-state index contributed by atoms with van der Waals surface area (Å²) in [5, 5.41) is 8.99. The Morgan fingerprint density at radius 2 is 1.87 bits per heavy atom. The van der Waals surface area contributed by atoms with E-state index in [0.29, 0.717) is 6.07 Å². The summed E-state index contributed by atoms with van der Waals surface area (Å²) in [5.41, 5.74) is -0.905. The van der Waals surface area contributed by atoms with Crippen molar-refractivity contribution in [1.82, 2.24) is 0 Å². The molecular weight excluding hydrogens is 332 g/mol. The first kappa shape index (κ1) is 16.7. The van der Waals surface area contributed by atoms with E-state index in [1.54, 1.807) is 0 Å². The summed E-state index contributed by atoms with van der Waals surface area (Å²) in [7, 11) is -3.04. The van der Waals surface area contributed by atoms with E-state index in [9.17, 15) is 22.0 Å². The number of rotatable bonds is 5. The van der Waals surface area contributed by atoms with E-state index in [1.165, 1.54) is 7.11 Å². The first-order valence-corrected chi connectivity index (χ1v) is 7.62. The third kappa shape index (κ3) is 3.57. The number of hydrogen-bond donors (Lipinski definition) is 2. The fourth-order valence-corrected chi connectivity index (χ4v) is 2.89. The van der Waals surface area contributed by atoms with Crippen LogP contribution in [0.3, 0.4) is 0 Å². The van der Waals surface area contributed by atoms with Crippen molar-refractivity contribution in [3.05, 3.63) is 53.6 Å². The van der Waals surface area contributed by atoms with Crippen molar-refractivity contribution in [3.8, 4) is 5.75 Å². The fourth-order valence-electron chi connectivity index (χ4n) is 1.80. The number of sulfonamides is 1. The lowest BCUT2D eigenvalue weighted by Gasteiger charge is -2.11. The molecule has 122 valence electrons. The van der Waals surface area contributed by atoms with E-state index in [-0.39, 0.29) is 11.4 Å². The van der Waals surface area contributed by atoms with Gasteiger partial charge in [-0.1, -0.05) is 0 Å². The molecule has 0 aliphatic carbocycles. The van der Waals surface area contributed by atoms with Crippen molar-refractivity contribution in [1.29, 1.82) is 0 Å². The molecule has 6 nitrogen and oxygen atoms in total. The van der Waals surface area contributed by atoms with Gasteiger partial charge in [0.05, 0.1) is 23.3 Å². The summed E-state index contributed by atoms with van der Waals surface area (Å²) in [4.78, 5) is 10.6. The zero-order chi connectivity index (χ0) is 17.2.